The number of anilines is 1. The van der Waals surface area contributed by atoms with Crippen molar-refractivity contribution in [3.05, 3.63) is 70.7 Å². The molecule has 0 aliphatic carbocycles. The van der Waals surface area contributed by atoms with Crippen molar-refractivity contribution in [1.29, 1.82) is 0 Å². The fraction of sp³-hybridized carbons (Fsp3) is 0.182. The summed E-state index contributed by atoms with van der Waals surface area (Å²) in [6, 6.07) is 16.5. The molecule has 0 saturated heterocycles. The summed E-state index contributed by atoms with van der Waals surface area (Å²) >= 11 is 0. The van der Waals surface area contributed by atoms with Crippen molar-refractivity contribution < 1.29 is 14.1 Å². The first-order valence-electron chi connectivity index (χ1n) is 9.32. The lowest BCUT2D eigenvalue weighted by atomic mass is 10.1. The number of fused-ring (bicyclic) bond motifs is 1. The lowest BCUT2D eigenvalue weighted by molar-refractivity contribution is -0.119. The van der Waals surface area contributed by atoms with Gasteiger partial charge < -0.3 is 14.2 Å². The molecule has 1 amide bonds. The Hall–Kier alpha value is -3.94. The summed E-state index contributed by atoms with van der Waals surface area (Å²) in [5.41, 5.74) is 1.60. The minimum atomic E-state index is -0.483. The molecular formula is C22H20N4O4. The number of hydrogen-bond donors (Lipinski definition) is 0. The fourth-order valence-electron chi connectivity index (χ4n) is 3.24. The first kappa shape index (κ1) is 19.4. The molecule has 0 aliphatic heterocycles. The van der Waals surface area contributed by atoms with E-state index in [1.54, 1.807) is 27.1 Å². The fourth-order valence-corrected chi connectivity index (χ4v) is 3.24. The van der Waals surface area contributed by atoms with Crippen molar-refractivity contribution >= 4 is 22.5 Å². The first-order valence-corrected chi connectivity index (χ1v) is 9.32. The van der Waals surface area contributed by atoms with Gasteiger partial charge in [0.15, 0.2) is 5.52 Å². The number of amides is 1. The summed E-state index contributed by atoms with van der Waals surface area (Å²) in [6.45, 7) is 1.49. The third-order valence-electron chi connectivity index (χ3n) is 4.90. The second-order valence-electron chi connectivity index (χ2n) is 6.79. The van der Waals surface area contributed by atoms with Crippen LogP contribution >= 0.6 is 0 Å². The van der Waals surface area contributed by atoms with E-state index in [2.05, 4.69) is 10.3 Å². The molecule has 8 nitrogen and oxygen atoms in total. The van der Waals surface area contributed by atoms with E-state index in [1.165, 1.54) is 4.90 Å². The molecule has 0 fully saturated rings. The Morgan fingerprint density at radius 3 is 2.67 bits per heavy atom. The highest BCUT2D eigenvalue weighted by Crippen LogP contribution is 2.29. The molecule has 8 heteroatoms. The number of ether oxygens (including phenoxy) is 1. The highest BCUT2D eigenvalue weighted by Gasteiger charge is 2.21. The number of nitrogens with zero attached hydrogens (tertiary/aromatic N) is 4. The maximum atomic E-state index is 12.9. The number of carbonyl (C=O) groups excluding carboxylic acids is 1. The molecule has 30 heavy (non-hydrogen) atoms. The normalized spacial score (nSPS) is 10.9. The molecule has 152 valence electrons. The zero-order valence-corrected chi connectivity index (χ0v) is 16.8. The van der Waals surface area contributed by atoms with Gasteiger partial charge in [0.25, 0.3) is 5.56 Å². The number of aryl methyl sites for hydroxylation is 1. The molecule has 2 heterocycles. The van der Waals surface area contributed by atoms with Crippen molar-refractivity contribution in [3.8, 4) is 17.0 Å². The predicted octanol–water partition coefficient (Wildman–Crippen LogP) is 3.03. The van der Waals surface area contributed by atoms with E-state index in [1.807, 2.05) is 48.5 Å². The number of likely N-dealkylation sites (N-methyl/N-ethyl adjacent to an activating group) is 1. The molecule has 0 radical (unpaired) electrons. The summed E-state index contributed by atoms with van der Waals surface area (Å²) in [5, 5.41) is 8.93. The van der Waals surface area contributed by atoms with Crippen LogP contribution in [0.2, 0.25) is 0 Å². The average Bonchev–Trinajstić information content (AvgIpc) is 3.17. The van der Waals surface area contributed by atoms with Gasteiger partial charge in [-0.2, -0.15) is 5.10 Å². The maximum Gasteiger partial charge on any atom is 0.297 e. The molecule has 0 N–H and O–H groups in total. The van der Waals surface area contributed by atoms with Gasteiger partial charge in [0.2, 0.25) is 5.91 Å². The second-order valence-corrected chi connectivity index (χ2v) is 6.79. The second kappa shape index (κ2) is 7.82. The molecule has 0 aliphatic rings. The quantitative estimate of drug-likeness (QED) is 0.508. The molecule has 2 aromatic carbocycles. The number of aromatic nitrogens is 3. The third kappa shape index (κ3) is 3.43. The van der Waals surface area contributed by atoms with E-state index < -0.39 is 5.56 Å². The summed E-state index contributed by atoms with van der Waals surface area (Å²) in [4.78, 5) is 27.2. The van der Waals surface area contributed by atoms with E-state index in [9.17, 15) is 9.59 Å². The van der Waals surface area contributed by atoms with E-state index in [-0.39, 0.29) is 18.0 Å². The van der Waals surface area contributed by atoms with Crippen LogP contribution < -0.4 is 15.2 Å². The van der Waals surface area contributed by atoms with Crippen molar-refractivity contribution in [3.63, 3.8) is 0 Å². The van der Waals surface area contributed by atoms with E-state index >= 15 is 0 Å². The topological polar surface area (TPSA) is 90.5 Å². The highest BCUT2D eigenvalue weighted by atomic mass is 16.5. The van der Waals surface area contributed by atoms with Crippen LogP contribution in [0.25, 0.3) is 22.2 Å². The Morgan fingerprint density at radius 2 is 1.93 bits per heavy atom. The minimum Gasteiger partial charge on any atom is -0.497 e. The number of hydrogen-bond acceptors (Lipinski definition) is 6. The summed E-state index contributed by atoms with van der Waals surface area (Å²) in [5.74, 6) is 0.841. The molecule has 0 saturated carbocycles. The number of rotatable bonds is 5. The van der Waals surface area contributed by atoms with Gasteiger partial charge in [0.05, 0.1) is 12.5 Å². The third-order valence-corrected chi connectivity index (χ3v) is 4.90. The van der Waals surface area contributed by atoms with Crippen molar-refractivity contribution in [2.75, 3.05) is 19.1 Å². The van der Waals surface area contributed by atoms with Crippen LogP contribution in [0.5, 0.6) is 5.75 Å². The van der Waals surface area contributed by atoms with Crippen molar-refractivity contribution in [2.45, 2.75) is 13.5 Å². The molecule has 0 atom stereocenters. The van der Waals surface area contributed by atoms with E-state index in [0.29, 0.717) is 22.6 Å². The number of benzene rings is 2. The first-order chi connectivity index (χ1) is 14.5. The van der Waals surface area contributed by atoms with Crippen molar-refractivity contribution in [2.24, 2.45) is 0 Å². The van der Waals surface area contributed by atoms with Crippen LogP contribution in [0.3, 0.4) is 0 Å². The number of methoxy groups -OCH3 is 1. The van der Waals surface area contributed by atoms with Gasteiger partial charge in [0.1, 0.15) is 23.7 Å². The van der Waals surface area contributed by atoms with Crippen molar-refractivity contribution in [1.82, 2.24) is 14.9 Å². The molecular weight excluding hydrogens is 384 g/mol. The monoisotopic (exact) mass is 404 g/mol. The lowest BCUT2D eigenvalue weighted by Crippen LogP contribution is -2.35. The van der Waals surface area contributed by atoms with Gasteiger partial charge in [-0.25, -0.2) is 4.68 Å². The Balaban J connectivity index is 1.80. The highest BCUT2D eigenvalue weighted by molar-refractivity contribution is 5.95. The van der Waals surface area contributed by atoms with Gasteiger partial charge in [-0.1, -0.05) is 35.5 Å². The van der Waals surface area contributed by atoms with Crippen LogP contribution in [0.15, 0.2) is 63.9 Å². The smallest absolute Gasteiger partial charge is 0.297 e. The van der Waals surface area contributed by atoms with Crippen LogP contribution in [0.4, 0.5) is 5.69 Å². The Bertz CT molecular complexity index is 1280. The number of carbonyl (C=O) groups is 1. The predicted molar refractivity (Wildman–Crippen MR) is 113 cm³/mol. The zero-order chi connectivity index (χ0) is 21.3. The molecule has 2 aromatic heterocycles. The lowest BCUT2D eigenvalue weighted by Gasteiger charge is -2.18. The Labute approximate surface area is 172 Å². The SMILES string of the molecule is COc1cccc(-c2nn(CC(=O)N(C)c3ccccc3)c(=O)c3noc(C)c23)c1. The molecule has 0 bridgehead atoms. The molecule has 0 spiro atoms. The van der Waals surface area contributed by atoms with E-state index in [4.69, 9.17) is 9.26 Å². The molecule has 0 unspecified atom stereocenters. The molecule has 4 aromatic rings. The Morgan fingerprint density at radius 1 is 1.17 bits per heavy atom. The maximum absolute atomic E-state index is 12.9. The van der Waals surface area contributed by atoms with Crippen LogP contribution in [0, 0.1) is 6.92 Å². The largest absolute Gasteiger partial charge is 0.497 e. The minimum absolute atomic E-state index is 0.135. The summed E-state index contributed by atoms with van der Waals surface area (Å²) < 4.78 is 11.7. The van der Waals surface area contributed by atoms with Gasteiger partial charge in [0, 0.05) is 18.3 Å². The summed E-state index contributed by atoms with van der Waals surface area (Å²) in [6.07, 6.45) is 0. The van der Waals surface area contributed by atoms with Gasteiger partial charge in [-0.3, -0.25) is 9.59 Å². The number of para-hydroxylation sites is 1. The van der Waals surface area contributed by atoms with Gasteiger partial charge >= 0.3 is 0 Å². The van der Waals surface area contributed by atoms with Gasteiger partial charge in [-0.15, -0.1) is 0 Å². The van der Waals surface area contributed by atoms with E-state index in [0.717, 1.165) is 15.9 Å². The zero-order valence-electron chi connectivity index (χ0n) is 16.8. The average molecular weight is 404 g/mol. The van der Waals surface area contributed by atoms with Crippen LogP contribution in [-0.2, 0) is 11.3 Å². The Kier molecular flexibility index (Phi) is 5.05. The standard InChI is InChI=1S/C22H20N4O4/c1-14-19-20(15-8-7-11-17(12-15)29-3)23-26(22(28)21(19)24-30-14)13-18(27)25(2)16-9-5-4-6-10-16/h4-12H,13H2,1-3H3. The van der Waals surface area contributed by atoms with Crippen LogP contribution in [0.1, 0.15) is 5.76 Å². The molecule has 4 rings (SSSR count). The van der Waals surface area contributed by atoms with Gasteiger partial charge in [-0.05, 0) is 31.2 Å². The summed E-state index contributed by atoms with van der Waals surface area (Å²) in [7, 11) is 3.23. The van der Waals surface area contributed by atoms with Crippen LogP contribution in [-0.4, -0.2) is 35.0 Å².